The van der Waals surface area contributed by atoms with Gasteiger partial charge in [-0.15, -0.1) is 24.0 Å². The zero-order valence-corrected chi connectivity index (χ0v) is 22.1. The van der Waals surface area contributed by atoms with E-state index in [0.29, 0.717) is 40.1 Å². The molecule has 1 aromatic heterocycles. The molecular formula is C16H24N4O4S7. The van der Waals surface area contributed by atoms with Crippen molar-refractivity contribution in [3.63, 3.8) is 0 Å². The maximum atomic E-state index is 12.2. The van der Waals surface area contributed by atoms with E-state index < -0.39 is 6.04 Å². The number of nitrogens with one attached hydrogen (secondary N) is 4. The Morgan fingerprint density at radius 2 is 1.74 bits per heavy atom. The molecule has 0 fully saturated rings. The van der Waals surface area contributed by atoms with E-state index in [9.17, 15) is 14.4 Å². The van der Waals surface area contributed by atoms with Gasteiger partial charge in [-0.1, -0.05) is 35.0 Å². The summed E-state index contributed by atoms with van der Waals surface area (Å²) in [6.45, 7) is 0.802. The van der Waals surface area contributed by atoms with Crippen molar-refractivity contribution in [2.24, 2.45) is 0 Å². The first-order chi connectivity index (χ1) is 14.9. The molecule has 0 saturated carbocycles. The molecule has 0 aliphatic heterocycles. The summed E-state index contributed by atoms with van der Waals surface area (Å²) >= 11 is 15.0. The summed E-state index contributed by atoms with van der Waals surface area (Å²) in [6.07, 6.45) is 0. The average Bonchev–Trinajstić information content (AvgIpc) is 3.26. The van der Waals surface area contributed by atoms with E-state index in [1.807, 2.05) is 0 Å². The third kappa shape index (κ3) is 12.2. The predicted molar refractivity (Wildman–Crippen MR) is 144 cm³/mol. The van der Waals surface area contributed by atoms with Crippen LogP contribution >= 0.6 is 82.5 Å². The third-order valence-electron chi connectivity index (χ3n) is 3.34. The van der Waals surface area contributed by atoms with Crippen LogP contribution in [0.4, 0.5) is 0 Å². The first-order valence-corrected chi connectivity index (χ1v) is 14.6. The van der Waals surface area contributed by atoms with Crippen LogP contribution in [0.2, 0.25) is 0 Å². The zero-order chi connectivity index (χ0) is 23.1. The first-order valence-electron chi connectivity index (χ1n) is 8.90. The lowest BCUT2D eigenvalue weighted by molar-refractivity contribution is -0.111. The average molecular weight is 561 g/mol. The number of thiocarbonyl (C=S) groups is 1. The number of aliphatic hydroxyl groups excluding tert-OH is 1. The number of thiophene rings is 1. The molecular weight excluding hydrogens is 537 g/mol. The predicted octanol–water partition coefficient (Wildman–Crippen LogP) is 1.45. The smallest absolute Gasteiger partial charge is 0.261 e. The summed E-state index contributed by atoms with van der Waals surface area (Å²) in [6, 6.07) is 2.55. The van der Waals surface area contributed by atoms with Crippen LogP contribution in [0.5, 0.6) is 0 Å². The molecule has 1 rings (SSSR count). The van der Waals surface area contributed by atoms with Crippen LogP contribution in [0.3, 0.4) is 0 Å². The highest BCUT2D eigenvalue weighted by molar-refractivity contribution is 8.76. The van der Waals surface area contributed by atoms with Crippen molar-refractivity contribution in [1.29, 1.82) is 0 Å². The topological polar surface area (TPSA) is 120 Å². The molecule has 0 aliphatic carbocycles. The fourth-order valence-electron chi connectivity index (χ4n) is 1.75. The van der Waals surface area contributed by atoms with Gasteiger partial charge in [-0.25, -0.2) is 4.72 Å². The van der Waals surface area contributed by atoms with E-state index in [2.05, 4.69) is 45.3 Å². The largest absolute Gasteiger partial charge is 0.394 e. The first kappa shape index (κ1) is 29.1. The van der Waals surface area contributed by atoms with Gasteiger partial charge in [-0.3, -0.25) is 19.1 Å². The fraction of sp³-hybridized carbons (Fsp3) is 0.500. The fourth-order valence-corrected chi connectivity index (χ4v) is 5.99. The molecule has 0 unspecified atom stereocenters. The van der Waals surface area contributed by atoms with Crippen LogP contribution < -0.4 is 20.1 Å². The number of hydrogen-bond donors (Lipinski definition) is 7. The van der Waals surface area contributed by atoms with Crippen molar-refractivity contribution < 1.29 is 19.5 Å². The van der Waals surface area contributed by atoms with Gasteiger partial charge >= 0.3 is 0 Å². The molecule has 0 spiro atoms. The van der Waals surface area contributed by atoms with Crippen molar-refractivity contribution in [1.82, 2.24) is 20.1 Å². The lowest BCUT2D eigenvalue weighted by Crippen LogP contribution is -2.33. The molecule has 0 saturated heterocycles. The Morgan fingerprint density at radius 1 is 1.13 bits per heavy atom. The molecule has 15 heteroatoms. The van der Waals surface area contributed by atoms with Crippen molar-refractivity contribution in [2.45, 2.75) is 12.1 Å². The van der Waals surface area contributed by atoms with Crippen molar-refractivity contribution in [2.75, 3.05) is 37.0 Å². The Hall–Kier alpha value is 0.0300. The standard InChI is InChI=1S/C16H24N4O4S7/c21-7-10(8-25)19-31-29-6-4-18-15(23)13-2-1-12(30-13)14(22)17-3-5-28-20-11(9-26)16(24)27/h1-2,8,10-11,19-21,26H,3-7,9H2,(H,17,22)(H,18,23)(H,24,27)/t10-,11+/m1/s1. The van der Waals surface area contributed by atoms with Gasteiger partial charge in [0.1, 0.15) is 0 Å². The van der Waals surface area contributed by atoms with E-state index >= 15 is 0 Å². The van der Waals surface area contributed by atoms with Gasteiger partial charge in [0, 0.05) is 30.3 Å². The Labute approximate surface area is 214 Å². The van der Waals surface area contributed by atoms with Crippen LogP contribution in [0.1, 0.15) is 19.3 Å². The van der Waals surface area contributed by atoms with Gasteiger partial charge in [0.15, 0.2) is 0 Å². The van der Waals surface area contributed by atoms with Gasteiger partial charge in [0.05, 0.1) is 28.4 Å². The summed E-state index contributed by atoms with van der Waals surface area (Å²) in [5.74, 6) is 1.08. The van der Waals surface area contributed by atoms with E-state index in [-0.39, 0.29) is 29.6 Å². The number of thiol groups is 2. The summed E-state index contributed by atoms with van der Waals surface area (Å²) < 4.78 is 5.91. The SMILES string of the molecule is O=C(NCCSN[C@@H](CS)C(=O)S)c1ccc(C(=O)NCCSSN[C@@H](C=S)CO)s1. The summed E-state index contributed by atoms with van der Waals surface area (Å²) in [5.41, 5.74) is 0. The number of carbonyl (C=O) groups is 3. The quantitative estimate of drug-likeness (QED) is 0.0496. The number of aliphatic hydroxyl groups is 1. The minimum Gasteiger partial charge on any atom is -0.394 e. The molecule has 31 heavy (non-hydrogen) atoms. The van der Waals surface area contributed by atoms with E-state index in [1.165, 1.54) is 39.1 Å². The van der Waals surface area contributed by atoms with Crippen LogP contribution in [0.25, 0.3) is 0 Å². The maximum Gasteiger partial charge on any atom is 0.261 e. The highest BCUT2D eigenvalue weighted by Crippen LogP contribution is 2.18. The molecule has 5 N–H and O–H groups in total. The molecule has 0 bridgehead atoms. The zero-order valence-electron chi connectivity index (χ0n) is 16.2. The van der Waals surface area contributed by atoms with Crippen LogP contribution in [0, 0.1) is 0 Å². The third-order valence-corrected chi connectivity index (χ3v) is 8.32. The Morgan fingerprint density at radius 3 is 2.26 bits per heavy atom. The lowest BCUT2D eigenvalue weighted by Gasteiger charge is -2.11. The van der Waals surface area contributed by atoms with Crippen LogP contribution in [0.15, 0.2) is 12.1 Å². The van der Waals surface area contributed by atoms with E-state index in [0.717, 1.165) is 11.3 Å². The maximum absolute atomic E-state index is 12.2. The van der Waals surface area contributed by atoms with Gasteiger partial charge in [0.25, 0.3) is 11.8 Å². The monoisotopic (exact) mass is 560 g/mol. The van der Waals surface area contributed by atoms with Crippen LogP contribution in [-0.2, 0) is 4.79 Å². The normalized spacial score (nSPS) is 12.7. The highest BCUT2D eigenvalue weighted by Gasteiger charge is 2.14. The second-order valence-corrected chi connectivity index (χ2v) is 11.0. The number of amides is 2. The lowest BCUT2D eigenvalue weighted by atomic mass is 10.4. The number of carbonyl (C=O) groups excluding carboxylic acids is 3. The molecule has 8 nitrogen and oxygen atoms in total. The summed E-state index contributed by atoms with van der Waals surface area (Å²) in [5, 5.41) is 15.7. The van der Waals surface area contributed by atoms with E-state index in [1.54, 1.807) is 12.1 Å². The summed E-state index contributed by atoms with van der Waals surface area (Å²) in [4.78, 5) is 36.5. The highest BCUT2D eigenvalue weighted by atomic mass is 33.1. The van der Waals surface area contributed by atoms with E-state index in [4.69, 9.17) is 17.3 Å². The van der Waals surface area contributed by atoms with Crippen LogP contribution in [-0.4, -0.2) is 76.4 Å². The minimum absolute atomic E-state index is 0.0641. The van der Waals surface area contributed by atoms with Gasteiger partial charge in [-0.2, -0.15) is 12.6 Å². The van der Waals surface area contributed by atoms with Crippen molar-refractivity contribution >= 4 is 105 Å². The number of rotatable bonds is 17. The molecule has 1 aromatic rings. The van der Waals surface area contributed by atoms with Gasteiger partial charge < -0.3 is 15.7 Å². The molecule has 2 amide bonds. The van der Waals surface area contributed by atoms with Gasteiger partial charge in [0.2, 0.25) is 5.12 Å². The molecule has 0 aliphatic rings. The molecule has 0 aromatic carbocycles. The van der Waals surface area contributed by atoms with Crippen molar-refractivity contribution in [3.05, 3.63) is 21.9 Å². The molecule has 2 atom stereocenters. The van der Waals surface area contributed by atoms with Gasteiger partial charge in [-0.05, 0) is 28.5 Å². The second kappa shape index (κ2) is 17.5. The Kier molecular flexibility index (Phi) is 16.4. The molecule has 0 radical (unpaired) electrons. The Bertz CT molecular complexity index is 722. The second-order valence-electron chi connectivity index (χ2n) is 5.66. The minimum atomic E-state index is -0.443. The summed E-state index contributed by atoms with van der Waals surface area (Å²) in [7, 11) is 2.85. The molecule has 1 heterocycles. The molecule has 174 valence electrons. The Balaban J connectivity index is 2.24. The number of hydrogen-bond acceptors (Lipinski definition) is 12. The van der Waals surface area contributed by atoms with Crippen molar-refractivity contribution in [3.8, 4) is 0 Å².